The van der Waals surface area contributed by atoms with Crippen LogP contribution in [0, 0.1) is 18.7 Å². The van der Waals surface area contributed by atoms with Crippen molar-refractivity contribution in [3.8, 4) is 0 Å². The Morgan fingerprint density at radius 2 is 2.04 bits per heavy atom. The average Bonchev–Trinajstić information content (AvgIpc) is 2.87. The summed E-state index contributed by atoms with van der Waals surface area (Å²) in [5.41, 5.74) is 3.84. The zero-order valence-corrected chi connectivity index (χ0v) is 14.1. The molecule has 0 aliphatic carbocycles. The van der Waals surface area contributed by atoms with E-state index in [0.29, 0.717) is 0 Å². The molecule has 1 aromatic heterocycles. The Balaban J connectivity index is 1.51. The summed E-state index contributed by atoms with van der Waals surface area (Å²) in [5, 5.41) is 4.34. The third-order valence-corrected chi connectivity index (χ3v) is 5.09. The summed E-state index contributed by atoms with van der Waals surface area (Å²) in [6.07, 6.45) is 6.81. The number of aryl methyl sites for hydroxylation is 2. The van der Waals surface area contributed by atoms with Crippen molar-refractivity contribution in [2.24, 2.45) is 13.0 Å². The van der Waals surface area contributed by atoms with Gasteiger partial charge < -0.3 is 0 Å². The summed E-state index contributed by atoms with van der Waals surface area (Å²) in [6, 6.07) is 6.95. The van der Waals surface area contributed by atoms with Crippen LogP contribution in [-0.2, 0) is 20.0 Å². The van der Waals surface area contributed by atoms with Crippen molar-refractivity contribution in [2.75, 3.05) is 13.1 Å². The number of nitrogens with zero attached hydrogens (tertiary/aromatic N) is 3. The minimum Gasteiger partial charge on any atom is -0.299 e. The van der Waals surface area contributed by atoms with E-state index in [0.717, 1.165) is 25.4 Å². The van der Waals surface area contributed by atoms with Crippen molar-refractivity contribution in [3.05, 3.63) is 53.1 Å². The topological polar surface area (TPSA) is 21.1 Å². The molecule has 23 heavy (non-hydrogen) atoms. The van der Waals surface area contributed by atoms with Crippen LogP contribution in [0.2, 0.25) is 0 Å². The van der Waals surface area contributed by atoms with E-state index < -0.39 is 0 Å². The molecule has 0 bridgehead atoms. The van der Waals surface area contributed by atoms with Gasteiger partial charge in [0.2, 0.25) is 0 Å². The lowest BCUT2D eigenvalue weighted by Gasteiger charge is -2.32. The van der Waals surface area contributed by atoms with Crippen LogP contribution in [0.3, 0.4) is 0 Å². The van der Waals surface area contributed by atoms with Crippen molar-refractivity contribution in [2.45, 2.75) is 39.2 Å². The van der Waals surface area contributed by atoms with Gasteiger partial charge in [-0.2, -0.15) is 5.10 Å². The average molecular weight is 315 g/mol. The monoisotopic (exact) mass is 315 g/mol. The highest BCUT2D eigenvalue weighted by Gasteiger charge is 2.20. The van der Waals surface area contributed by atoms with E-state index in [-0.39, 0.29) is 5.82 Å². The van der Waals surface area contributed by atoms with Gasteiger partial charge in [-0.15, -0.1) is 0 Å². The molecule has 3 nitrogen and oxygen atoms in total. The molecule has 0 saturated carbocycles. The van der Waals surface area contributed by atoms with Crippen LogP contribution >= 0.6 is 0 Å². The molecule has 1 saturated heterocycles. The molecule has 1 aromatic carbocycles. The van der Waals surface area contributed by atoms with Gasteiger partial charge >= 0.3 is 0 Å². The molecule has 2 heterocycles. The summed E-state index contributed by atoms with van der Waals surface area (Å²) in [4.78, 5) is 2.56. The number of likely N-dealkylation sites (tertiary alicyclic amines) is 1. The summed E-state index contributed by atoms with van der Waals surface area (Å²) in [6.45, 7) is 5.49. The molecular weight excluding hydrogens is 289 g/mol. The maximum atomic E-state index is 13.0. The predicted octanol–water partition coefficient (Wildman–Crippen LogP) is 3.71. The lowest BCUT2D eigenvalue weighted by atomic mass is 9.91. The molecule has 0 N–H and O–H groups in total. The minimum atomic E-state index is -0.149. The highest BCUT2D eigenvalue weighted by atomic mass is 19.1. The molecule has 0 spiro atoms. The molecular formula is C19H26FN3. The second kappa shape index (κ2) is 7.26. The maximum absolute atomic E-state index is 13.0. The molecule has 4 heteroatoms. The molecule has 1 fully saturated rings. The van der Waals surface area contributed by atoms with E-state index in [2.05, 4.69) is 16.9 Å². The number of rotatable bonds is 5. The Labute approximate surface area is 138 Å². The first-order valence-corrected chi connectivity index (χ1v) is 8.56. The zero-order valence-electron chi connectivity index (χ0n) is 14.1. The van der Waals surface area contributed by atoms with Gasteiger partial charge in [0.05, 0.1) is 6.20 Å². The summed E-state index contributed by atoms with van der Waals surface area (Å²) < 4.78 is 14.9. The van der Waals surface area contributed by atoms with E-state index in [1.165, 1.54) is 42.6 Å². The van der Waals surface area contributed by atoms with Gasteiger partial charge in [0.25, 0.3) is 0 Å². The van der Waals surface area contributed by atoms with E-state index in [4.69, 9.17) is 0 Å². The standard InChI is InChI=1S/C19H26FN3/c1-15-18(12-21-22(15)2)14-23-11-3-4-17(13-23)6-5-16-7-9-19(20)10-8-16/h7-10,12,17H,3-6,11,13-14H2,1-2H3/t17-/m0/s1. The summed E-state index contributed by atoms with van der Waals surface area (Å²) in [7, 11) is 2.00. The number of halogens is 1. The van der Waals surface area contributed by atoms with Crippen LogP contribution < -0.4 is 0 Å². The Bertz CT molecular complexity index is 633. The van der Waals surface area contributed by atoms with Gasteiger partial charge in [-0.3, -0.25) is 9.58 Å². The Kier molecular flexibility index (Phi) is 5.11. The van der Waals surface area contributed by atoms with Gasteiger partial charge in [0, 0.05) is 31.4 Å². The molecule has 1 aliphatic heterocycles. The number of hydrogen-bond acceptors (Lipinski definition) is 2. The molecule has 0 amide bonds. The fourth-order valence-corrected chi connectivity index (χ4v) is 3.49. The Morgan fingerprint density at radius 3 is 2.74 bits per heavy atom. The fraction of sp³-hybridized carbons (Fsp3) is 0.526. The van der Waals surface area contributed by atoms with E-state index in [1.54, 1.807) is 12.1 Å². The molecule has 0 unspecified atom stereocenters. The molecule has 2 aromatic rings. The van der Waals surface area contributed by atoms with E-state index in [9.17, 15) is 4.39 Å². The number of hydrogen-bond donors (Lipinski definition) is 0. The van der Waals surface area contributed by atoms with Crippen LogP contribution in [0.25, 0.3) is 0 Å². The number of piperidine rings is 1. The van der Waals surface area contributed by atoms with Crippen LogP contribution in [-0.4, -0.2) is 27.8 Å². The van der Waals surface area contributed by atoms with Gasteiger partial charge in [-0.05, 0) is 62.8 Å². The Morgan fingerprint density at radius 1 is 1.26 bits per heavy atom. The third-order valence-electron chi connectivity index (χ3n) is 5.09. The summed E-state index contributed by atoms with van der Waals surface area (Å²) in [5.74, 6) is 0.593. The molecule has 124 valence electrons. The Hall–Kier alpha value is -1.68. The highest BCUT2D eigenvalue weighted by molar-refractivity contribution is 5.17. The van der Waals surface area contributed by atoms with Crippen LogP contribution in [0.15, 0.2) is 30.5 Å². The van der Waals surface area contributed by atoms with Crippen molar-refractivity contribution in [1.82, 2.24) is 14.7 Å². The van der Waals surface area contributed by atoms with Crippen LogP contribution in [0.5, 0.6) is 0 Å². The maximum Gasteiger partial charge on any atom is 0.123 e. The second-order valence-electron chi connectivity index (χ2n) is 6.79. The zero-order chi connectivity index (χ0) is 16.2. The first-order chi connectivity index (χ1) is 11.1. The van der Waals surface area contributed by atoms with E-state index in [1.807, 2.05) is 30.1 Å². The largest absolute Gasteiger partial charge is 0.299 e. The van der Waals surface area contributed by atoms with Crippen molar-refractivity contribution in [1.29, 1.82) is 0 Å². The van der Waals surface area contributed by atoms with Crippen molar-refractivity contribution < 1.29 is 4.39 Å². The van der Waals surface area contributed by atoms with E-state index >= 15 is 0 Å². The third kappa shape index (κ3) is 4.20. The second-order valence-corrected chi connectivity index (χ2v) is 6.79. The van der Waals surface area contributed by atoms with Gasteiger partial charge in [0.15, 0.2) is 0 Å². The number of benzene rings is 1. The SMILES string of the molecule is Cc1c(CN2CCC[C@@H](CCc3ccc(F)cc3)C2)cnn1C. The van der Waals surface area contributed by atoms with Crippen LogP contribution in [0.4, 0.5) is 4.39 Å². The van der Waals surface area contributed by atoms with Gasteiger partial charge in [-0.1, -0.05) is 12.1 Å². The van der Waals surface area contributed by atoms with Gasteiger partial charge in [0.1, 0.15) is 5.82 Å². The molecule has 1 atom stereocenters. The van der Waals surface area contributed by atoms with Crippen molar-refractivity contribution >= 4 is 0 Å². The number of aromatic nitrogens is 2. The molecule has 1 aliphatic rings. The molecule has 3 rings (SSSR count). The predicted molar refractivity (Wildman–Crippen MR) is 90.7 cm³/mol. The van der Waals surface area contributed by atoms with Crippen LogP contribution in [0.1, 0.15) is 36.1 Å². The smallest absolute Gasteiger partial charge is 0.123 e. The minimum absolute atomic E-state index is 0.149. The molecule has 0 radical (unpaired) electrons. The lowest BCUT2D eigenvalue weighted by molar-refractivity contribution is 0.161. The lowest BCUT2D eigenvalue weighted by Crippen LogP contribution is -2.35. The highest BCUT2D eigenvalue weighted by Crippen LogP contribution is 2.23. The first kappa shape index (κ1) is 16.2. The quantitative estimate of drug-likeness (QED) is 0.838. The van der Waals surface area contributed by atoms with Gasteiger partial charge in [-0.25, -0.2) is 4.39 Å². The normalized spacial score (nSPS) is 19.2. The van der Waals surface area contributed by atoms with Crippen molar-refractivity contribution in [3.63, 3.8) is 0 Å². The fourth-order valence-electron chi connectivity index (χ4n) is 3.49. The summed E-state index contributed by atoms with van der Waals surface area (Å²) >= 11 is 0. The first-order valence-electron chi connectivity index (χ1n) is 8.56.